The first-order chi connectivity index (χ1) is 8.17. The van der Waals surface area contributed by atoms with E-state index >= 15 is 0 Å². The van der Waals surface area contributed by atoms with Crippen LogP contribution in [-0.2, 0) is 0 Å². The first-order valence-corrected chi connectivity index (χ1v) is 7.56. The van der Waals surface area contributed by atoms with Crippen molar-refractivity contribution < 1.29 is 0 Å². The van der Waals surface area contributed by atoms with Crippen molar-refractivity contribution in [3.05, 3.63) is 28.8 Å². The Kier molecular flexibility index (Phi) is 4.16. The lowest BCUT2D eigenvalue weighted by molar-refractivity contribution is 0.513. The molecule has 1 N–H and O–H groups in total. The van der Waals surface area contributed by atoms with Gasteiger partial charge in [0.25, 0.3) is 0 Å². The molecule has 1 heterocycles. The quantitative estimate of drug-likeness (QED) is 0.857. The van der Waals surface area contributed by atoms with Crippen molar-refractivity contribution >= 4 is 11.8 Å². The van der Waals surface area contributed by atoms with Crippen molar-refractivity contribution in [1.29, 1.82) is 0 Å². The van der Waals surface area contributed by atoms with Crippen LogP contribution in [0.5, 0.6) is 0 Å². The summed E-state index contributed by atoms with van der Waals surface area (Å²) in [6.07, 6.45) is 2.57. The van der Waals surface area contributed by atoms with Gasteiger partial charge in [-0.1, -0.05) is 38.0 Å². The molecule has 2 rings (SSSR count). The summed E-state index contributed by atoms with van der Waals surface area (Å²) in [7, 11) is 0. The van der Waals surface area contributed by atoms with Crippen LogP contribution in [0.25, 0.3) is 0 Å². The summed E-state index contributed by atoms with van der Waals surface area (Å²) in [6.45, 7) is 9.99. The van der Waals surface area contributed by atoms with E-state index in [1.807, 2.05) is 0 Å². The molecule has 17 heavy (non-hydrogen) atoms. The first kappa shape index (κ1) is 13.0. The second-order valence-electron chi connectivity index (χ2n) is 4.98. The zero-order valence-electron chi connectivity index (χ0n) is 11.3. The van der Waals surface area contributed by atoms with Crippen LogP contribution in [0.2, 0.25) is 0 Å². The number of hydrogen-bond donors (Lipinski definition) is 1. The van der Waals surface area contributed by atoms with E-state index < -0.39 is 0 Å². The maximum Gasteiger partial charge on any atom is 0.0455 e. The molecule has 2 heteroatoms. The van der Waals surface area contributed by atoms with Gasteiger partial charge >= 0.3 is 0 Å². The second kappa shape index (κ2) is 5.45. The van der Waals surface area contributed by atoms with Crippen LogP contribution in [0.4, 0.5) is 0 Å². The van der Waals surface area contributed by atoms with Gasteiger partial charge in [0.05, 0.1) is 0 Å². The molecule has 0 spiro atoms. The molecular formula is C15H23NS. The third-order valence-corrected chi connectivity index (χ3v) is 5.02. The normalized spacial score (nSPS) is 22.8. The van der Waals surface area contributed by atoms with E-state index in [9.17, 15) is 0 Å². The van der Waals surface area contributed by atoms with E-state index in [1.54, 1.807) is 0 Å². The lowest BCUT2D eigenvalue weighted by Gasteiger charge is -2.20. The van der Waals surface area contributed by atoms with Gasteiger partial charge in [-0.05, 0) is 37.9 Å². The monoisotopic (exact) mass is 249 g/mol. The molecule has 94 valence electrons. The Morgan fingerprint density at radius 1 is 1.24 bits per heavy atom. The number of rotatable bonds is 4. The van der Waals surface area contributed by atoms with Crippen molar-refractivity contribution in [2.75, 3.05) is 6.54 Å². The van der Waals surface area contributed by atoms with E-state index in [-0.39, 0.29) is 0 Å². The summed E-state index contributed by atoms with van der Waals surface area (Å²) in [5.74, 6) is 0. The lowest BCUT2D eigenvalue weighted by atomic mass is 9.97. The Balaban J connectivity index is 2.35. The van der Waals surface area contributed by atoms with Crippen LogP contribution < -0.4 is 5.32 Å². The van der Waals surface area contributed by atoms with Crippen LogP contribution in [0, 0.1) is 13.8 Å². The minimum Gasteiger partial charge on any atom is -0.309 e. The molecule has 0 fully saturated rings. The molecule has 0 saturated carbocycles. The minimum absolute atomic E-state index is 0.554. The predicted octanol–water partition coefficient (Wildman–Crippen LogP) is 4.23. The zero-order chi connectivity index (χ0) is 12.4. The van der Waals surface area contributed by atoms with Gasteiger partial charge in [-0.2, -0.15) is 0 Å². The van der Waals surface area contributed by atoms with E-state index in [2.05, 4.69) is 56.9 Å². The van der Waals surface area contributed by atoms with Crippen LogP contribution in [0.15, 0.2) is 17.0 Å². The number of nitrogens with one attached hydrogen (secondary N) is 1. The van der Waals surface area contributed by atoms with Crippen LogP contribution in [-0.4, -0.2) is 11.8 Å². The molecule has 1 nitrogen and oxygen atoms in total. The molecule has 0 radical (unpaired) electrons. The summed E-state index contributed by atoms with van der Waals surface area (Å²) in [4.78, 5) is 1.53. The molecule has 2 atom stereocenters. The highest BCUT2D eigenvalue weighted by atomic mass is 32.2. The van der Waals surface area contributed by atoms with E-state index in [0.29, 0.717) is 6.04 Å². The Hall–Kier alpha value is -0.470. The molecule has 0 amide bonds. The zero-order valence-corrected chi connectivity index (χ0v) is 12.2. The summed E-state index contributed by atoms with van der Waals surface area (Å²) >= 11 is 2.08. The molecule has 0 saturated heterocycles. The maximum atomic E-state index is 3.67. The smallest absolute Gasteiger partial charge is 0.0455 e. The van der Waals surface area contributed by atoms with Gasteiger partial charge in [-0.15, -0.1) is 11.8 Å². The van der Waals surface area contributed by atoms with Gasteiger partial charge in [-0.25, -0.2) is 0 Å². The third-order valence-electron chi connectivity index (χ3n) is 3.42. The van der Waals surface area contributed by atoms with Gasteiger partial charge in [0, 0.05) is 16.2 Å². The highest BCUT2D eigenvalue weighted by Gasteiger charge is 2.32. The molecule has 1 aliphatic rings. The van der Waals surface area contributed by atoms with Crippen molar-refractivity contribution in [1.82, 2.24) is 5.32 Å². The highest BCUT2D eigenvalue weighted by Crippen LogP contribution is 2.47. The maximum absolute atomic E-state index is 3.67. The number of fused-ring (bicyclic) bond motifs is 1. The number of aryl methyl sites for hydroxylation is 2. The Morgan fingerprint density at radius 2 is 2.00 bits per heavy atom. The molecule has 0 bridgehead atoms. The van der Waals surface area contributed by atoms with Crippen molar-refractivity contribution in [3.8, 4) is 0 Å². The van der Waals surface area contributed by atoms with Gasteiger partial charge in [0.15, 0.2) is 0 Å². The topological polar surface area (TPSA) is 12.0 Å². The largest absolute Gasteiger partial charge is 0.309 e. The predicted molar refractivity (Wildman–Crippen MR) is 76.9 cm³/mol. The summed E-state index contributed by atoms with van der Waals surface area (Å²) < 4.78 is 0. The Morgan fingerprint density at radius 3 is 2.65 bits per heavy atom. The van der Waals surface area contributed by atoms with E-state index in [0.717, 1.165) is 11.8 Å². The average Bonchev–Trinajstić information content (AvgIpc) is 2.59. The fourth-order valence-corrected chi connectivity index (χ4v) is 4.37. The lowest BCUT2D eigenvalue weighted by Crippen LogP contribution is -2.26. The molecule has 0 aromatic heterocycles. The molecular weight excluding hydrogens is 226 g/mol. The molecule has 1 aromatic carbocycles. The van der Waals surface area contributed by atoms with Gasteiger partial charge < -0.3 is 5.32 Å². The van der Waals surface area contributed by atoms with Crippen LogP contribution in [0.1, 0.15) is 49.4 Å². The highest BCUT2D eigenvalue weighted by molar-refractivity contribution is 8.00. The minimum atomic E-state index is 0.554. The number of thioether (sulfide) groups is 1. The SMILES string of the molecule is CCCC1Sc2c(C)cc(C)cc2C1NCC. The molecule has 1 aliphatic heterocycles. The van der Waals surface area contributed by atoms with E-state index in [4.69, 9.17) is 0 Å². The standard InChI is InChI=1S/C15H23NS/c1-5-7-13-14(16-6-2)12-9-10(3)8-11(4)15(12)17-13/h8-9,13-14,16H,5-7H2,1-4H3. The van der Waals surface area contributed by atoms with Gasteiger partial charge in [0.2, 0.25) is 0 Å². The van der Waals surface area contributed by atoms with Crippen LogP contribution in [0.3, 0.4) is 0 Å². The Bertz CT molecular complexity index is 400. The fourth-order valence-electron chi connectivity index (χ4n) is 2.77. The summed E-state index contributed by atoms with van der Waals surface area (Å²) in [5.41, 5.74) is 4.38. The molecule has 1 aromatic rings. The first-order valence-electron chi connectivity index (χ1n) is 6.68. The van der Waals surface area contributed by atoms with Crippen molar-refractivity contribution in [2.24, 2.45) is 0 Å². The third kappa shape index (κ3) is 2.53. The van der Waals surface area contributed by atoms with Crippen molar-refractivity contribution in [3.63, 3.8) is 0 Å². The summed E-state index contributed by atoms with van der Waals surface area (Å²) in [6, 6.07) is 5.24. The summed E-state index contributed by atoms with van der Waals surface area (Å²) in [5, 5.41) is 4.39. The van der Waals surface area contributed by atoms with Gasteiger partial charge in [0.1, 0.15) is 0 Å². The number of hydrogen-bond acceptors (Lipinski definition) is 2. The number of benzene rings is 1. The fraction of sp³-hybridized carbons (Fsp3) is 0.600. The van der Waals surface area contributed by atoms with Gasteiger partial charge in [-0.3, -0.25) is 0 Å². The average molecular weight is 249 g/mol. The van der Waals surface area contributed by atoms with E-state index in [1.165, 1.54) is 34.4 Å². The van der Waals surface area contributed by atoms with Crippen LogP contribution >= 0.6 is 11.8 Å². The van der Waals surface area contributed by atoms with Crippen molar-refractivity contribution in [2.45, 2.75) is 56.7 Å². The Labute approximate surface area is 109 Å². The molecule has 2 unspecified atom stereocenters. The molecule has 0 aliphatic carbocycles. The second-order valence-corrected chi connectivity index (χ2v) is 6.23.